The summed E-state index contributed by atoms with van der Waals surface area (Å²) in [7, 11) is -2.69. The topological polar surface area (TPSA) is 54.0 Å². The Bertz CT molecular complexity index is 932. The minimum Gasteiger partial charge on any atom is -0.405 e. The van der Waals surface area contributed by atoms with Crippen LogP contribution in [0, 0.1) is 5.41 Å². The molecule has 0 aromatic heterocycles. The van der Waals surface area contributed by atoms with Crippen molar-refractivity contribution < 1.29 is 23.4 Å². The number of hydrogen-bond donors (Lipinski definition) is 0. The second kappa shape index (κ2) is 9.32. The van der Waals surface area contributed by atoms with Crippen molar-refractivity contribution in [3.05, 3.63) is 60.7 Å². The Balaban J connectivity index is 1.66. The lowest BCUT2D eigenvalue weighted by molar-refractivity contribution is -0.348. The molecule has 34 heavy (non-hydrogen) atoms. The van der Waals surface area contributed by atoms with E-state index in [2.05, 4.69) is 69.3 Å². The molecule has 2 aromatic rings. The number of rotatable bonds is 6. The van der Waals surface area contributed by atoms with Crippen molar-refractivity contribution in [2.24, 2.45) is 5.41 Å². The van der Waals surface area contributed by atoms with E-state index in [0.717, 1.165) is 6.29 Å². The predicted octanol–water partition coefficient (Wildman–Crippen LogP) is 4.08. The van der Waals surface area contributed by atoms with Crippen molar-refractivity contribution in [1.29, 1.82) is 0 Å². The lowest BCUT2D eigenvalue weighted by atomic mass is 9.74. The third kappa shape index (κ3) is 4.54. The van der Waals surface area contributed by atoms with Crippen LogP contribution in [0.3, 0.4) is 0 Å². The number of fused-ring (bicyclic) bond motifs is 1. The van der Waals surface area contributed by atoms with Crippen LogP contribution >= 0.6 is 0 Å². The molecule has 4 rings (SSSR count). The largest absolute Gasteiger partial charge is 0.405 e. The van der Waals surface area contributed by atoms with Crippen molar-refractivity contribution in [2.75, 3.05) is 13.2 Å². The first kappa shape index (κ1) is 25.3. The van der Waals surface area contributed by atoms with Crippen LogP contribution in [0.2, 0.25) is 5.04 Å². The number of benzene rings is 2. The first-order valence-electron chi connectivity index (χ1n) is 12.2. The molecule has 2 aliphatic rings. The Morgan fingerprint density at radius 3 is 2.06 bits per heavy atom. The summed E-state index contributed by atoms with van der Waals surface area (Å²) in [5, 5.41) is 2.33. The highest BCUT2D eigenvalue weighted by atomic mass is 28.4. The fraction of sp³-hybridized carbons (Fsp3) is 0.536. The summed E-state index contributed by atoms with van der Waals surface area (Å²) in [5.74, 6) is -0.682. The van der Waals surface area contributed by atoms with E-state index in [1.54, 1.807) is 0 Å². The molecule has 184 valence electrons. The van der Waals surface area contributed by atoms with Crippen molar-refractivity contribution in [2.45, 2.75) is 77.1 Å². The zero-order chi connectivity index (χ0) is 24.6. The molecule has 4 atom stereocenters. The molecule has 5 nitrogen and oxygen atoms in total. The minimum atomic E-state index is -2.69. The summed E-state index contributed by atoms with van der Waals surface area (Å²) in [4.78, 5) is 12.1. The van der Waals surface area contributed by atoms with E-state index in [0.29, 0.717) is 19.6 Å². The van der Waals surface area contributed by atoms with Gasteiger partial charge in [0.15, 0.2) is 5.79 Å². The van der Waals surface area contributed by atoms with Gasteiger partial charge in [0.2, 0.25) is 0 Å². The van der Waals surface area contributed by atoms with Crippen LogP contribution in [0.5, 0.6) is 0 Å². The van der Waals surface area contributed by atoms with Gasteiger partial charge in [-0.15, -0.1) is 0 Å². The van der Waals surface area contributed by atoms with Gasteiger partial charge in [-0.25, -0.2) is 0 Å². The van der Waals surface area contributed by atoms with Crippen LogP contribution in [0.1, 0.15) is 48.0 Å². The quantitative estimate of drug-likeness (QED) is 0.459. The molecule has 0 radical (unpaired) electrons. The molecule has 0 bridgehead atoms. The lowest BCUT2D eigenvalue weighted by Crippen LogP contribution is -2.68. The van der Waals surface area contributed by atoms with Gasteiger partial charge in [-0.3, -0.25) is 0 Å². The lowest BCUT2D eigenvalue weighted by Gasteiger charge is -2.54. The van der Waals surface area contributed by atoms with Gasteiger partial charge in [0.05, 0.1) is 30.8 Å². The fourth-order valence-corrected chi connectivity index (χ4v) is 10.0. The number of ether oxygens (including phenoxy) is 3. The van der Waals surface area contributed by atoms with Gasteiger partial charge in [-0.2, -0.15) is 0 Å². The van der Waals surface area contributed by atoms with E-state index >= 15 is 0 Å². The van der Waals surface area contributed by atoms with Gasteiger partial charge in [-0.1, -0.05) is 88.4 Å². The molecule has 0 unspecified atom stereocenters. The molecule has 2 aliphatic heterocycles. The maximum Gasteiger partial charge on any atom is 0.261 e. The second-order valence-corrected chi connectivity index (χ2v) is 15.6. The molecule has 0 spiro atoms. The Hall–Kier alpha value is -1.83. The van der Waals surface area contributed by atoms with Gasteiger partial charge in [0, 0.05) is 6.42 Å². The summed E-state index contributed by atoms with van der Waals surface area (Å²) < 4.78 is 25.6. The van der Waals surface area contributed by atoms with Crippen molar-refractivity contribution in [3.63, 3.8) is 0 Å². The summed E-state index contributed by atoms with van der Waals surface area (Å²) in [6, 6.07) is 21.1. The van der Waals surface area contributed by atoms with Crippen molar-refractivity contribution in [1.82, 2.24) is 0 Å². The first-order chi connectivity index (χ1) is 16.0. The highest BCUT2D eigenvalue weighted by Gasteiger charge is 2.55. The summed E-state index contributed by atoms with van der Waals surface area (Å²) >= 11 is 0. The SMILES string of the molecule is CC1(C)OC[C@@]2(C)[C@H](C=O)O[C@@H](CO[Si](c3ccccc3)(c3ccccc3)C(C)(C)C)C[C@H]2O1. The Labute approximate surface area is 204 Å². The van der Waals surface area contributed by atoms with Crippen LogP contribution in [-0.4, -0.2) is 51.9 Å². The summed E-state index contributed by atoms with van der Waals surface area (Å²) in [6.07, 6.45) is 0.561. The minimum absolute atomic E-state index is 0.125. The van der Waals surface area contributed by atoms with Crippen molar-refractivity contribution in [3.8, 4) is 0 Å². The van der Waals surface area contributed by atoms with Gasteiger partial charge in [0.25, 0.3) is 8.32 Å². The first-order valence-corrected chi connectivity index (χ1v) is 14.1. The molecule has 2 saturated heterocycles. The average Bonchev–Trinajstić information content (AvgIpc) is 2.80. The molecule has 2 aromatic carbocycles. The second-order valence-electron chi connectivity index (χ2n) is 11.3. The van der Waals surface area contributed by atoms with Crippen LogP contribution in [0.4, 0.5) is 0 Å². The molecular weight excluding hydrogens is 444 g/mol. The molecule has 2 heterocycles. The predicted molar refractivity (Wildman–Crippen MR) is 136 cm³/mol. The molecular formula is C28H38O5Si. The van der Waals surface area contributed by atoms with Gasteiger partial charge < -0.3 is 23.4 Å². The van der Waals surface area contributed by atoms with Crippen LogP contribution < -0.4 is 10.4 Å². The third-order valence-corrected chi connectivity index (χ3v) is 12.4. The van der Waals surface area contributed by atoms with Crippen LogP contribution in [-0.2, 0) is 23.4 Å². The van der Waals surface area contributed by atoms with E-state index in [-0.39, 0.29) is 17.2 Å². The Morgan fingerprint density at radius 2 is 1.56 bits per heavy atom. The maximum absolute atomic E-state index is 12.1. The average molecular weight is 483 g/mol. The molecule has 0 aliphatic carbocycles. The van der Waals surface area contributed by atoms with Crippen LogP contribution in [0.15, 0.2) is 60.7 Å². The molecule has 2 fully saturated rings. The smallest absolute Gasteiger partial charge is 0.261 e. The highest BCUT2D eigenvalue weighted by molar-refractivity contribution is 6.99. The molecule has 0 amide bonds. The molecule has 0 saturated carbocycles. The van der Waals surface area contributed by atoms with E-state index in [4.69, 9.17) is 18.6 Å². The summed E-state index contributed by atoms with van der Waals surface area (Å²) in [5.41, 5.74) is -0.509. The highest BCUT2D eigenvalue weighted by Crippen LogP contribution is 2.45. The fourth-order valence-electron chi connectivity index (χ4n) is 5.45. The Kier molecular flexibility index (Phi) is 6.93. The van der Waals surface area contributed by atoms with Crippen LogP contribution in [0.25, 0.3) is 0 Å². The van der Waals surface area contributed by atoms with E-state index in [9.17, 15) is 4.79 Å². The zero-order valence-electron chi connectivity index (χ0n) is 21.2. The van der Waals surface area contributed by atoms with E-state index in [1.807, 2.05) is 32.9 Å². The summed E-state index contributed by atoms with van der Waals surface area (Å²) in [6.45, 7) is 13.5. The zero-order valence-corrected chi connectivity index (χ0v) is 22.2. The monoisotopic (exact) mass is 482 g/mol. The maximum atomic E-state index is 12.1. The van der Waals surface area contributed by atoms with Gasteiger partial charge in [-0.05, 0) is 29.3 Å². The Morgan fingerprint density at radius 1 is 1.00 bits per heavy atom. The number of carbonyl (C=O) groups is 1. The third-order valence-electron chi connectivity index (χ3n) is 7.38. The number of hydrogen-bond acceptors (Lipinski definition) is 5. The van der Waals surface area contributed by atoms with Gasteiger partial charge in [0.1, 0.15) is 12.4 Å². The van der Waals surface area contributed by atoms with Crippen molar-refractivity contribution >= 4 is 25.0 Å². The van der Waals surface area contributed by atoms with E-state index < -0.39 is 25.6 Å². The van der Waals surface area contributed by atoms with Gasteiger partial charge >= 0.3 is 0 Å². The molecule has 0 N–H and O–H groups in total. The number of carbonyl (C=O) groups excluding carboxylic acids is 1. The molecule has 6 heteroatoms. The standard InChI is InChI=1S/C28H38O5Si/c1-26(2,3)34(22-13-9-7-10-14-22,23-15-11-8-12-16-23)31-19-21-17-24-28(6,25(18-29)32-21)20-30-27(4,5)33-24/h7-16,18,21,24-25H,17,19-20H2,1-6H3/t21-,24-,25+,28-/m1/s1. The van der Waals surface area contributed by atoms with E-state index in [1.165, 1.54) is 10.4 Å². The normalized spacial score (nSPS) is 29.3. The number of aldehydes is 1.